The fraction of sp³-hybridized carbons (Fsp3) is 0.670. The molecular formula is C109H175O9P3. The molecule has 0 aromatic heterocycles. The minimum absolute atomic E-state index is 0.0754. The first kappa shape index (κ1) is 105. The van der Waals surface area contributed by atoms with Gasteiger partial charge in [-0.1, -0.05) is 397 Å². The maximum atomic E-state index is 7.31. The van der Waals surface area contributed by atoms with Crippen molar-refractivity contribution in [2.75, 3.05) is 19.8 Å². The minimum Gasteiger partial charge on any atom is -0.418 e. The van der Waals surface area contributed by atoms with Crippen molar-refractivity contribution < 1.29 is 40.7 Å². The summed E-state index contributed by atoms with van der Waals surface area (Å²) in [6, 6.07) is 40.5. The molecule has 0 heterocycles. The zero-order chi connectivity index (χ0) is 87.5. The van der Waals surface area contributed by atoms with Crippen molar-refractivity contribution in [1.29, 1.82) is 0 Å². The quantitative estimate of drug-likeness (QED) is 0.0274. The molecule has 680 valence electrons. The second kappa shape index (κ2) is 60.1. The Kier molecular flexibility index (Phi) is 52.2. The van der Waals surface area contributed by atoms with E-state index < -0.39 is 25.8 Å². The Morgan fingerprint density at radius 2 is 0.471 bits per heavy atom. The van der Waals surface area contributed by atoms with Crippen LogP contribution in [0.5, 0.6) is 34.5 Å². The first-order chi connectivity index (χ1) is 58.4. The highest BCUT2D eigenvalue weighted by Crippen LogP contribution is 2.53. The van der Waals surface area contributed by atoms with Crippen LogP contribution in [0, 0.1) is 20.8 Å². The molecule has 0 saturated heterocycles. The zero-order valence-corrected chi connectivity index (χ0v) is 83.4. The monoisotopic (exact) mass is 1720 g/mol. The zero-order valence-electron chi connectivity index (χ0n) is 80.7. The summed E-state index contributed by atoms with van der Waals surface area (Å²) in [5.41, 5.74) is 13.8. The van der Waals surface area contributed by atoms with E-state index in [1.54, 1.807) is 0 Å². The number of aryl methyl sites for hydroxylation is 6. The summed E-state index contributed by atoms with van der Waals surface area (Å²) in [5, 5.41) is 0. The Hall–Kier alpha value is -4.71. The van der Waals surface area contributed by atoms with Crippen molar-refractivity contribution in [3.05, 3.63) is 176 Å². The predicted octanol–water partition coefficient (Wildman–Crippen LogP) is 37.1. The van der Waals surface area contributed by atoms with Crippen LogP contribution in [-0.4, -0.2) is 19.8 Å². The van der Waals surface area contributed by atoms with Gasteiger partial charge in [-0.3, -0.25) is 13.6 Å². The van der Waals surface area contributed by atoms with Gasteiger partial charge < -0.3 is 27.1 Å². The number of hydrogen-bond donors (Lipinski definition) is 0. The third kappa shape index (κ3) is 41.7. The minimum atomic E-state index is -1.84. The van der Waals surface area contributed by atoms with Gasteiger partial charge in [0.05, 0.1) is 19.8 Å². The first-order valence-electron chi connectivity index (χ1n) is 49.5. The van der Waals surface area contributed by atoms with E-state index in [0.717, 1.165) is 127 Å². The summed E-state index contributed by atoms with van der Waals surface area (Å²) in [5.74, 6) is 4.76. The largest absolute Gasteiger partial charge is 0.463 e. The molecule has 4 atom stereocenters. The third-order valence-electron chi connectivity index (χ3n) is 24.3. The van der Waals surface area contributed by atoms with Gasteiger partial charge >= 0.3 is 25.8 Å². The summed E-state index contributed by atoms with van der Waals surface area (Å²) in [4.78, 5) is 0. The Morgan fingerprint density at radius 3 is 0.711 bits per heavy atom. The van der Waals surface area contributed by atoms with E-state index in [1.807, 2.05) is 0 Å². The lowest BCUT2D eigenvalue weighted by molar-refractivity contribution is 0.256. The Labute approximate surface area is 747 Å². The fourth-order valence-corrected chi connectivity index (χ4v) is 19.7. The maximum Gasteiger partial charge on any atom is 0.463 e. The third-order valence-corrected chi connectivity index (χ3v) is 27.6. The molecule has 0 fully saturated rings. The standard InChI is InChI=1S/C109H175O9P3/c1-20-26-32-38-44-47-53-59-77-110-119(113-94-71-65-91(66-72-94)62-56-50-41-35-29-23-4)116-104-81-88(8)97(84-101(104)107(11,12)13)87(7)80-100(98-85-102(108(14,15)16)105(82-89(98)9)117-120(111-78-60-54-48-45-39-33-27-21-2)114-95-73-67-92(68-74-95)63-57-51-42-36-30-24-5)99-86-103(109(17,18)19)106(83-90(99)10)118-121(112-79-61-55-49-46-40-34-28-22-3)115-96-75-69-93(70-76-96)64-58-52-43-37-31-25-6/h65-76,81-87,100H,20-64,77-80H2,1-19H3. The van der Waals surface area contributed by atoms with E-state index in [2.05, 4.69) is 241 Å². The maximum absolute atomic E-state index is 7.31. The number of benzene rings is 6. The second-order valence-corrected chi connectivity index (χ2v) is 41.9. The van der Waals surface area contributed by atoms with Crippen LogP contribution in [-0.2, 0) is 49.1 Å². The summed E-state index contributed by atoms with van der Waals surface area (Å²) in [6.45, 7) is 45.6. The lowest BCUT2D eigenvalue weighted by Gasteiger charge is -2.33. The van der Waals surface area contributed by atoms with Gasteiger partial charge in [0.25, 0.3) is 0 Å². The molecule has 0 aliphatic rings. The molecule has 6 rings (SSSR count). The molecule has 0 spiro atoms. The molecule has 0 radical (unpaired) electrons. The predicted molar refractivity (Wildman–Crippen MR) is 525 cm³/mol. The molecule has 0 bridgehead atoms. The summed E-state index contributed by atoms with van der Waals surface area (Å²) >= 11 is 0. The molecular weight excluding hydrogens is 1550 g/mol. The van der Waals surface area contributed by atoms with Crippen LogP contribution in [0.4, 0.5) is 0 Å². The van der Waals surface area contributed by atoms with Crippen molar-refractivity contribution in [1.82, 2.24) is 0 Å². The van der Waals surface area contributed by atoms with Crippen molar-refractivity contribution in [2.45, 2.75) is 455 Å². The van der Waals surface area contributed by atoms with Gasteiger partial charge in [-0.25, -0.2) is 0 Å². The second-order valence-electron chi connectivity index (χ2n) is 38.7. The SMILES string of the molecule is CCCCCCCCCCOP(Oc1ccc(CCCCCCCC)cc1)Oc1cc(C)c(C(C)CC(c2cc(C(C)(C)C)c(OP(OCCCCCCCCCC)Oc3ccc(CCCCCCCC)cc3)cc2C)c2cc(C(C)(C)C)c(OP(OCCCCCCCCCC)Oc3ccc(CCCCCCCC)cc3)cc2C)cc1C(C)(C)C. The summed E-state index contributed by atoms with van der Waals surface area (Å²) in [7, 11) is -5.49. The Balaban J connectivity index is 1.45. The van der Waals surface area contributed by atoms with Gasteiger partial charge in [0.2, 0.25) is 0 Å². The molecule has 9 nitrogen and oxygen atoms in total. The summed E-state index contributed by atoms with van der Waals surface area (Å²) < 4.78 is 63.0. The molecule has 0 aliphatic carbocycles. The van der Waals surface area contributed by atoms with Crippen molar-refractivity contribution in [2.24, 2.45) is 0 Å². The van der Waals surface area contributed by atoms with Crippen molar-refractivity contribution >= 4 is 25.8 Å². The molecule has 0 aliphatic heterocycles. The van der Waals surface area contributed by atoms with Gasteiger partial charge in [0.15, 0.2) is 0 Å². The van der Waals surface area contributed by atoms with E-state index in [9.17, 15) is 0 Å². The van der Waals surface area contributed by atoms with Crippen LogP contribution in [0.2, 0.25) is 0 Å². The van der Waals surface area contributed by atoms with Crippen molar-refractivity contribution in [3.8, 4) is 34.5 Å². The van der Waals surface area contributed by atoms with Crippen LogP contribution in [0.15, 0.2) is 109 Å². The fourth-order valence-electron chi connectivity index (χ4n) is 16.6. The molecule has 0 amide bonds. The van der Waals surface area contributed by atoms with Gasteiger partial charge in [-0.2, -0.15) is 0 Å². The smallest absolute Gasteiger partial charge is 0.418 e. The average Bonchev–Trinajstić information content (AvgIpc) is 0.761. The first-order valence-corrected chi connectivity index (χ1v) is 52.8. The number of hydrogen-bond acceptors (Lipinski definition) is 9. The highest BCUT2D eigenvalue weighted by molar-refractivity contribution is 7.43. The molecule has 4 unspecified atom stereocenters. The average molecular weight is 1720 g/mol. The highest BCUT2D eigenvalue weighted by Gasteiger charge is 2.34. The molecule has 0 N–H and O–H groups in total. The topological polar surface area (TPSA) is 83.1 Å². The van der Waals surface area contributed by atoms with Gasteiger partial charge in [0, 0.05) is 22.6 Å². The van der Waals surface area contributed by atoms with Gasteiger partial charge in [-0.05, 0) is 212 Å². The lowest BCUT2D eigenvalue weighted by atomic mass is 9.74. The summed E-state index contributed by atoms with van der Waals surface area (Å²) in [6.07, 6.45) is 56.4. The molecule has 6 aromatic rings. The van der Waals surface area contributed by atoms with Crippen molar-refractivity contribution in [3.63, 3.8) is 0 Å². The number of unbranched alkanes of at least 4 members (excludes halogenated alkanes) is 36. The van der Waals surface area contributed by atoms with Gasteiger partial charge in [0.1, 0.15) is 34.5 Å². The van der Waals surface area contributed by atoms with E-state index in [0.29, 0.717) is 19.8 Å². The molecule has 0 saturated carbocycles. The Morgan fingerprint density at radius 1 is 0.256 bits per heavy atom. The molecule has 12 heteroatoms. The van der Waals surface area contributed by atoms with Crippen LogP contribution in [0.3, 0.4) is 0 Å². The number of rotatable bonds is 68. The van der Waals surface area contributed by atoms with E-state index in [-0.39, 0.29) is 28.1 Å². The van der Waals surface area contributed by atoms with Crippen LogP contribution < -0.4 is 27.1 Å². The van der Waals surface area contributed by atoms with E-state index in [1.165, 1.54) is 270 Å². The van der Waals surface area contributed by atoms with E-state index in [4.69, 9.17) is 40.7 Å². The van der Waals surface area contributed by atoms with Crippen LogP contribution >= 0.6 is 25.8 Å². The Bertz CT molecular complexity index is 3510. The highest BCUT2D eigenvalue weighted by atomic mass is 31.2. The molecule has 6 aromatic carbocycles. The van der Waals surface area contributed by atoms with Crippen LogP contribution in [0.25, 0.3) is 0 Å². The lowest BCUT2D eigenvalue weighted by Crippen LogP contribution is -2.19. The normalized spacial score (nSPS) is 13.3. The van der Waals surface area contributed by atoms with Crippen LogP contribution in [0.1, 0.15) is 465 Å². The van der Waals surface area contributed by atoms with E-state index >= 15 is 0 Å². The van der Waals surface area contributed by atoms with Gasteiger partial charge in [-0.15, -0.1) is 0 Å². The molecule has 121 heavy (non-hydrogen) atoms.